The van der Waals surface area contributed by atoms with Gasteiger partial charge in [-0.05, 0) is 49.3 Å². The molecular weight excluding hydrogens is 392 g/mol. The van der Waals surface area contributed by atoms with Crippen LogP contribution in [0, 0.1) is 19.8 Å². The Balaban J connectivity index is 2.07. The van der Waals surface area contributed by atoms with Crippen molar-refractivity contribution in [1.82, 2.24) is 0 Å². The molecule has 5 N–H and O–H groups in total. The molecule has 30 heavy (non-hydrogen) atoms. The summed E-state index contributed by atoms with van der Waals surface area (Å²) in [5.41, 5.74) is -2.76. The number of hydrogen-bond donors (Lipinski definition) is 5. The molecule has 0 heterocycles. The first-order chi connectivity index (χ1) is 13.9. The molecule has 3 atom stereocenters. The van der Waals surface area contributed by atoms with Crippen molar-refractivity contribution in [2.45, 2.75) is 38.9 Å². The number of carbonyl (C=O) groups excluding carboxylic acids is 3. The van der Waals surface area contributed by atoms with E-state index in [2.05, 4.69) is 0 Å². The summed E-state index contributed by atoms with van der Waals surface area (Å²) in [4.78, 5) is 38.2. The molecule has 2 unspecified atom stereocenters. The number of phenols is 2. The third-order valence-electron chi connectivity index (χ3n) is 6.39. The number of Topliss-reactive ketones (excluding diaryl/α,β-unsaturated/α-hetero) is 3. The Hall–Kier alpha value is -3.23. The highest BCUT2D eigenvalue weighted by molar-refractivity contribution is 6.33. The van der Waals surface area contributed by atoms with Gasteiger partial charge in [-0.3, -0.25) is 14.4 Å². The maximum absolute atomic E-state index is 13.4. The number of phenolic OH excluding ortho intramolecular Hbond substituents is 2. The minimum absolute atomic E-state index is 0.00985. The summed E-state index contributed by atoms with van der Waals surface area (Å²) in [5, 5.41) is 53.7. The van der Waals surface area contributed by atoms with E-state index in [1.165, 1.54) is 0 Å². The van der Waals surface area contributed by atoms with Crippen LogP contribution in [0.5, 0.6) is 11.5 Å². The Kier molecular flexibility index (Phi) is 4.10. The van der Waals surface area contributed by atoms with Gasteiger partial charge in [0, 0.05) is 5.92 Å². The number of ketones is 3. The molecule has 2 aliphatic carbocycles. The van der Waals surface area contributed by atoms with Crippen molar-refractivity contribution in [3.05, 3.63) is 45.7 Å². The third kappa shape index (κ3) is 2.20. The van der Waals surface area contributed by atoms with Crippen molar-refractivity contribution in [3.63, 3.8) is 0 Å². The predicted octanol–water partition coefficient (Wildman–Crippen LogP) is 1.30. The average Bonchev–Trinajstić information content (AvgIpc) is 2.68. The Bertz CT molecular complexity index is 1220. The van der Waals surface area contributed by atoms with Gasteiger partial charge in [-0.2, -0.15) is 0 Å². The molecule has 0 fully saturated rings. The van der Waals surface area contributed by atoms with Crippen LogP contribution in [-0.4, -0.2) is 54.6 Å². The Morgan fingerprint density at radius 3 is 2.30 bits per heavy atom. The second-order valence-corrected chi connectivity index (χ2v) is 7.98. The van der Waals surface area contributed by atoms with Gasteiger partial charge < -0.3 is 25.5 Å². The molecule has 0 spiro atoms. The molecule has 0 amide bonds. The summed E-state index contributed by atoms with van der Waals surface area (Å²) in [6.07, 6.45) is -2.05. The van der Waals surface area contributed by atoms with Gasteiger partial charge in [0.1, 0.15) is 28.9 Å². The molecule has 0 radical (unpaired) electrons. The standard InChI is InChI=1S/C22H20O8/c1-7-4-5-10-8(2)11-6-12-17(25)19(27)13(9(3)23)20(28)22(12,30)21(29)15(11)18(26)14(10)16(7)24/h4-5,12,17,24-27,30H,6H2,1-3H3/t12?,17?,22-/m1/s1. The van der Waals surface area contributed by atoms with Crippen molar-refractivity contribution in [3.8, 4) is 11.5 Å². The van der Waals surface area contributed by atoms with Crippen LogP contribution in [0.2, 0.25) is 0 Å². The van der Waals surface area contributed by atoms with Crippen molar-refractivity contribution in [2.75, 3.05) is 0 Å². The molecule has 0 saturated heterocycles. The normalized spacial score (nSPS) is 26.0. The van der Waals surface area contributed by atoms with Gasteiger partial charge >= 0.3 is 0 Å². The van der Waals surface area contributed by atoms with Gasteiger partial charge in [0.2, 0.25) is 11.6 Å². The van der Waals surface area contributed by atoms with E-state index in [0.29, 0.717) is 16.5 Å². The van der Waals surface area contributed by atoms with E-state index in [-0.39, 0.29) is 28.7 Å². The quantitative estimate of drug-likeness (QED) is 0.347. The lowest BCUT2D eigenvalue weighted by Crippen LogP contribution is -2.63. The van der Waals surface area contributed by atoms with E-state index >= 15 is 0 Å². The number of hydrogen-bond acceptors (Lipinski definition) is 8. The van der Waals surface area contributed by atoms with Crippen LogP contribution in [0.25, 0.3) is 10.8 Å². The highest BCUT2D eigenvalue weighted by atomic mass is 16.3. The molecule has 8 heteroatoms. The Morgan fingerprint density at radius 2 is 1.70 bits per heavy atom. The van der Waals surface area contributed by atoms with Crippen molar-refractivity contribution in [2.24, 2.45) is 5.92 Å². The number of fused-ring (bicyclic) bond motifs is 3. The molecule has 0 saturated carbocycles. The van der Waals surface area contributed by atoms with Crippen molar-refractivity contribution < 1.29 is 39.9 Å². The number of carbonyl (C=O) groups is 3. The fraction of sp³-hybridized carbons (Fsp3) is 0.318. The van der Waals surface area contributed by atoms with Gasteiger partial charge in [-0.1, -0.05) is 12.1 Å². The number of aryl methyl sites for hydroxylation is 2. The maximum Gasteiger partial charge on any atom is 0.209 e. The minimum atomic E-state index is -2.84. The summed E-state index contributed by atoms with van der Waals surface area (Å²) >= 11 is 0. The molecular formula is C22H20O8. The fourth-order valence-corrected chi connectivity index (χ4v) is 4.69. The smallest absolute Gasteiger partial charge is 0.209 e. The van der Waals surface area contributed by atoms with Gasteiger partial charge in [0.05, 0.1) is 10.9 Å². The topological polar surface area (TPSA) is 152 Å². The zero-order valence-corrected chi connectivity index (χ0v) is 16.5. The monoisotopic (exact) mass is 412 g/mol. The molecule has 0 aliphatic heterocycles. The second-order valence-electron chi connectivity index (χ2n) is 7.98. The number of benzene rings is 2. The molecule has 2 aromatic rings. The highest BCUT2D eigenvalue weighted by Crippen LogP contribution is 2.49. The molecule has 0 bridgehead atoms. The van der Waals surface area contributed by atoms with E-state index in [1.807, 2.05) is 0 Å². The molecule has 156 valence electrons. The predicted molar refractivity (Wildman–Crippen MR) is 105 cm³/mol. The zero-order chi connectivity index (χ0) is 22.3. The van der Waals surface area contributed by atoms with Crippen LogP contribution >= 0.6 is 0 Å². The number of rotatable bonds is 1. The lowest BCUT2D eigenvalue weighted by molar-refractivity contribution is -0.143. The molecule has 2 aliphatic rings. The van der Waals surface area contributed by atoms with Gasteiger partial charge in [-0.15, -0.1) is 0 Å². The Labute approximate surface area is 170 Å². The first-order valence-electron chi connectivity index (χ1n) is 9.35. The summed E-state index contributed by atoms with van der Waals surface area (Å²) in [6, 6.07) is 3.31. The Morgan fingerprint density at radius 1 is 1.07 bits per heavy atom. The first kappa shape index (κ1) is 20.1. The average molecular weight is 412 g/mol. The molecule has 0 aromatic heterocycles. The van der Waals surface area contributed by atoms with Crippen LogP contribution in [0.1, 0.15) is 34.0 Å². The van der Waals surface area contributed by atoms with E-state index in [4.69, 9.17) is 0 Å². The summed E-state index contributed by atoms with van der Waals surface area (Å²) in [6.45, 7) is 4.24. The van der Waals surface area contributed by atoms with Crippen LogP contribution in [0.3, 0.4) is 0 Å². The molecule has 4 rings (SSSR count). The lowest BCUT2D eigenvalue weighted by atomic mass is 9.61. The van der Waals surface area contributed by atoms with E-state index < -0.39 is 52.1 Å². The van der Waals surface area contributed by atoms with Gasteiger partial charge in [-0.25, -0.2) is 0 Å². The molecule has 8 nitrogen and oxygen atoms in total. The number of aromatic hydroxyl groups is 2. The lowest BCUT2D eigenvalue weighted by Gasteiger charge is -2.44. The minimum Gasteiger partial charge on any atom is -0.509 e. The number of aliphatic hydroxyl groups is 3. The first-order valence-corrected chi connectivity index (χ1v) is 9.35. The van der Waals surface area contributed by atoms with E-state index in [1.54, 1.807) is 26.0 Å². The second kappa shape index (κ2) is 6.13. The largest absolute Gasteiger partial charge is 0.509 e. The van der Waals surface area contributed by atoms with Crippen LogP contribution in [-0.2, 0) is 16.0 Å². The summed E-state index contributed by atoms with van der Waals surface area (Å²) in [7, 11) is 0. The number of aliphatic hydroxyl groups excluding tert-OH is 2. The maximum atomic E-state index is 13.4. The van der Waals surface area contributed by atoms with Crippen LogP contribution in [0.15, 0.2) is 23.5 Å². The van der Waals surface area contributed by atoms with Crippen molar-refractivity contribution in [1.29, 1.82) is 0 Å². The SMILES string of the molecule is CC(=O)C1=C(O)C(O)C2Cc3c(c(O)c4c(O)c(C)ccc4c3C)C(=O)[C@]2(O)C1=O. The summed E-state index contributed by atoms with van der Waals surface area (Å²) in [5.74, 6) is -6.56. The van der Waals surface area contributed by atoms with Crippen LogP contribution in [0.4, 0.5) is 0 Å². The molecule has 2 aromatic carbocycles. The van der Waals surface area contributed by atoms with Crippen molar-refractivity contribution >= 4 is 28.1 Å². The van der Waals surface area contributed by atoms with Crippen LogP contribution < -0.4 is 0 Å². The van der Waals surface area contributed by atoms with Gasteiger partial charge in [0.25, 0.3) is 0 Å². The van der Waals surface area contributed by atoms with E-state index in [0.717, 1.165) is 6.92 Å². The third-order valence-corrected chi connectivity index (χ3v) is 6.39. The summed E-state index contributed by atoms with van der Waals surface area (Å²) < 4.78 is 0. The zero-order valence-electron chi connectivity index (χ0n) is 16.5. The fourth-order valence-electron chi connectivity index (χ4n) is 4.69. The van der Waals surface area contributed by atoms with Gasteiger partial charge in [0.15, 0.2) is 11.4 Å². The van der Waals surface area contributed by atoms with E-state index in [9.17, 15) is 39.9 Å². The highest BCUT2D eigenvalue weighted by Gasteiger charge is 2.62.